The first-order chi connectivity index (χ1) is 8.27. The minimum Gasteiger partial charge on any atom is -0.481 e. The molecule has 1 aromatic rings. The Bertz CT molecular complexity index is 412. The molecule has 3 nitrogen and oxygen atoms in total. The zero-order valence-corrected chi connectivity index (χ0v) is 9.61. The molecule has 0 aliphatic rings. The molecule has 0 aromatic heterocycles. The minimum atomic E-state index is -4.44. The van der Waals surface area contributed by atoms with E-state index in [1.165, 1.54) is 0 Å². The molecule has 100 valence electrons. The third-order valence-corrected chi connectivity index (χ3v) is 2.72. The summed E-state index contributed by atoms with van der Waals surface area (Å²) in [6.45, 7) is 1.59. The van der Waals surface area contributed by atoms with Crippen LogP contribution in [0.15, 0.2) is 24.3 Å². The summed E-state index contributed by atoms with van der Waals surface area (Å²) >= 11 is 0. The molecule has 1 aromatic carbocycles. The van der Waals surface area contributed by atoms with Crippen molar-refractivity contribution in [3.63, 3.8) is 0 Å². The van der Waals surface area contributed by atoms with E-state index >= 15 is 0 Å². The first kappa shape index (κ1) is 14.5. The van der Waals surface area contributed by atoms with E-state index in [0.29, 0.717) is 0 Å². The van der Waals surface area contributed by atoms with Crippen LogP contribution >= 0.6 is 0 Å². The van der Waals surface area contributed by atoms with Gasteiger partial charge in [-0.3, -0.25) is 4.79 Å². The molecule has 2 unspecified atom stereocenters. The summed E-state index contributed by atoms with van der Waals surface area (Å²) in [6.07, 6.45) is -5.56. The molecule has 0 aliphatic carbocycles. The lowest BCUT2D eigenvalue weighted by Crippen LogP contribution is -2.21. The van der Waals surface area contributed by atoms with Crippen molar-refractivity contribution in [2.45, 2.75) is 25.6 Å². The van der Waals surface area contributed by atoms with Crippen LogP contribution in [0.1, 0.15) is 30.6 Å². The van der Waals surface area contributed by atoms with E-state index in [4.69, 9.17) is 5.11 Å². The zero-order chi connectivity index (χ0) is 13.9. The fraction of sp³-hybridized carbons (Fsp3) is 0.417. The van der Waals surface area contributed by atoms with Crippen molar-refractivity contribution in [2.24, 2.45) is 5.92 Å². The van der Waals surface area contributed by atoms with Crippen molar-refractivity contribution in [1.82, 2.24) is 0 Å². The fourth-order valence-electron chi connectivity index (χ4n) is 1.63. The maximum absolute atomic E-state index is 12.3. The van der Waals surface area contributed by atoms with Gasteiger partial charge in [0.25, 0.3) is 0 Å². The molecule has 0 radical (unpaired) electrons. The number of benzene rings is 1. The molecule has 0 bridgehead atoms. The Kier molecular flexibility index (Phi) is 4.34. The summed E-state index contributed by atoms with van der Waals surface area (Å²) in [5.41, 5.74) is -0.668. The van der Waals surface area contributed by atoms with Gasteiger partial charge in [-0.25, -0.2) is 0 Å². The van der Waals surface area contributed by atoms with Crippen LogP contribution in [-0.4, -0.2) is 16.2 Å². The molecule has 18 heavy (non-hydrogen) atoms. The van der Waals surface area contributed by atoms with Gasteiger partial charge in [-0.1, -0.05) is 19.1 Å². The maximum Gasteiger partial charge on any atom is 0.416 e. The van der Waals surface area contributed by atoms with Gasteiger partial charge in [0, 0.05) is 0 Å². The van der Waals surface area contributed by atoms with Gasteiger partial charge in [-0.15, -0.1) is 0 Å². The van der Waals surface area contributed by atoms with Gasteiger partial charge in [0.1, 0.15) is 0 Å². The molecular formula is C12H13F3O3. The fourth-order valence-corrected chi connectivity index (χ4v) is 1.63. The maximum atomic E-state index is 12.3. The molecule has 6 heteroatoms. The number of carboxylic acid groups (broad SMARTS) is 1. The number of aliphatic hydroxyl groups excluding tert-OH is 1. The van der Waals surface area contributed by atoms with Crippen LogP contribution in [0.5, 0.6) is 0 Å². The van der Waals surface area contributed by atoms with E-state index < -0.39 is 29.7 Å². The second kappa shape index (κ2) is 5.39. The lowest BCUT2D eigenvalue weighted by molar-refractivity contribution is -0.146. The van der Waals surface area contributed by atoms with E-state index in [9.17, 15) is 23.1 Å². The highest BCUT2D eigenvalue weighted by molar-refractivity contribution is 5.71. The summed E-state index contributed by atoms with van der Waals surface area (Å²) < 4.78 is 37.0. The average Bonchev–Trinajstić information content (AvgIpc) is 2.28. The van der Waals surface area contributed by atoms with Gasteiger partial charge < -0.3 is 10.2 Å². The SMILES string of the molecule is CCC(C(=O)O)C(O)c1ccc(C(F)(F)F)cc1. The molecule has 2 atom stereocenters. The van der Waals surface area contributed by atoms with Crippen molar-refractivity contribution in [3.05, 3.63) is 35.4 Å². The molecular weight excluding hydrogens is 249 g/mol. The Morgan fingerprint density at radius 3 is 2.11 bits per heavy atom. The molecule has 1 rings (SSSR count). The summed E-state index contributed by atoms with van der Waals surface area (Å²) in [4.78, 5) is 10.8. The van der Waals surface area contributed by atoms with E-state index in [0.717, 1.165) is 24.3 Å². The highest BCUT2D eigenvalue weighted by Gasteiger charge is 2.31. The normalized spacial score (nSPS) is 15.2. The van der Waals surface area contributed by atoms with Crippen LogP contribution < -0.4 is 0 Å². The minimum absolute atomic E-state index is 0.164. The predicted octanol–water partition coefficient (Wildman–Crippen LogP) is 2.85. The Morgan fingerprint density at radius 1 is 1.28 bits per heavy atom. The molecule has 0 amide bonds. The summed E-state index contributed by atoms with van der Waals surface area (Å²) in [7, 11) is 0. The second-order valence-corrected chi connectivity index (χ2v) is 3.92. The third kappa shape index (κ3) is 3.22. The second-order valence-electron chi connectivity index (χ2n) is 3.92. The van der Waals surface area contributed by atoms with E-state index in [1.54, 1.807) is 6.92 Å². The smallest absolute Gasteiger partial charge is 0.416 e. The summed E-state index contributed by atoms with van der Waals surface area (Å²) in [6, 6.07) is 3.85. The van der Waals surface area contributed by atoms with Crippen LogP contribution in [0.2, 0.25) is 0 Å². The van der Waals surface area contributed by atoms with Gasteiger partial charge in [0.05, 0.1) is 17.6 Å². The number of hydrogen-bond acceptors (Lipinski definition) is 2. The Hall–Kier alpha value is -1.56. The number of aliphatic hydroxyl groups is 1. The Morgan fingerprint density at radius 2 is 1.78 bits per heavy atom. The van der Waals surface area contributed by atoms with Crippen LogP contribution in [0, 0.1) is 5.92 Å². The monoisotopic (exact) mass is 262 g/mol. The van der Waals surface area contributed by atoms with Crippen molar-refractivity contribution in [1.29, 1.82) is 0 Å². The largest absolute Gasteiger partial charge is 0.481 e. The number of rotatable bonds is 4. The average molecular weight is 262 g/mol. The molecule has 0 heterocycles. The first-order valence-corrected chi connectivity index (χ1v) is 5.35. The predicted molar refractivity (Wildman–Crippen MR) is 57.8 cm³/mol. The summed E-state index contributed by atoms with van der Waals surface area (Å²) in [5, 5.41) is 18.6. The molecule has 0 saturated heterocycles. The Labute approximate surface area is 102 Å². The highest BCUT2D eigenvalue weighted by Crippen LogP contribution is 2.31. The molecule has 0 saturated carbocycles. The lowest BCUT2D eigenvalue weighted by Gasteiger charge is -2.18. The van der Waals surface area contributed by atoms with Gasteiger partial charge in [0.15, 0.2) is 0 Å². The van der Waals surface area contributed by atoms with Gasteiger partial charge in [0.2, 0.25) is 0 Å². The van der Waals surface area contributed by atoms with Crippen molar-refractivity contribution >= 4 is 5.97 Å². The molecule has 0 aliphatic heterocycles. The third-order valence-electron chi connectivity index (χ3n) is 2.72. The van der Waals surface area contributed by atoms with Gasteiger partial charge >= 0.3 is 12.1 Å². The van der Waals surface area contributed by atoms with Crippen LogP contribution in [0.4, 0.5) is 13.2 Å². The van der Waals surface area contributed by atoms with Crippen molar-refractivity contribution in [3.8, 4) is 0 Å². The first-order valence-electron chi connectivity index (χ1n) is 5.35. The molecule has 0 fully saturated rings. The standard InChI is InChI=1S/C12H13F3O3/c1-2-9(11(17)18)10(16)7-3-5-8(6-4-7)12(13,14)15/h3-6,9-10,16H,2H2,1H3,(H,17,18). The topological polar surface area (TPSA) is 57.5 Å². The number of alkyl halides is 3. The zero-order valence-electron chi connectivity index (χ0n) is 9.61. The van der Waals surface area contributed by atoms with Crippen molar-refractivity contribution in [2.75, 3.05) is 0 Å². The van der Waals surface area contributed by atoms with E-state index in [-0.39, 0.29) is 12.0 Å². The number of carboxylic acids is 1. The lowest BCUT2D eigenvalue weighted by atomic mass is 9.93. The number of hydrogen-bond donors (Lipinski definition) is 2. The highest BCUT2D eigenvalue weighted by atomic mass is 19.4. The number of aliphatic carboxylic acids is 1. The Balaban J connectivity index is 2.94. The van der Waals surface area contributed by atoms with Crippen molar-refractivity contribution < 1.29 is 28.2 Å². The van der Waals surface area contributed by atoms with Crippen LogP contribution in [0.25, 0.3) is 0 Å². The van der Waals surface area contributed by atoms with Crippen LogP contribution in [0.3, 0.4) is 0 Å². The molecule has 2 N–H and O–H groups in total. The number of carbonyl (C=O) groups is 1. The summed E-state index contributed by atoms with van der Waals surface area (Å²) in [5.74, 6) is -2.20. The van der Waals surface area contributed by atoms with E-state index in [2.05, 4.69) is 0 Å². The molecule has 0 spiro atoms. The van der Waals surface area contributed by atoms with Gasteiger partial charge in [-0.2, -0.15) is 13.2 Å². The quantitative estimate of drug-likeness (QED) is 0.877. The van der Waals surface area contributed by atoms with Gasteiger partial charge in [-0.05, 0) is 24.1 Å². The number of halogens is 3. The van der Waals surface area contributed by atoms with E-state index in [1.807, 2.05) is 0 Å². The van der Waals surface area contributed by atoms with Crippen LogP contribution in [-0.2, 0) is 11.0 Å².